The van der Waals surface area contributed by atoms with Crippen molar-refractivity contribution in [2.75, 3.05) is 12.3 Å². The molecule has 1 aromatic rings. The van der Waals surface area contributed by atoms with Crippen LogP contribution >= 0.6 is 0 Å². The Hall–Kier alpha value is -1.43. The molecule has 0 spiro atoms. The normalized spacial score (nSPS) is 12.5. The standard InChI is InChI=1S/C10H17N3O6S2/c1-2-4-13-7-8(6-9(13)10(14)15)21(18,19)12-3-5-20(11,16)17/h6-7,12H,2-5H2,1H3,(H,14,15)(H2,11,16,17). The monoisotopic (exact) mass is 339 g/mol. The van der Waals surface area contributed by atoms with Crippen LogP contribution in [-0.4, -0.2) is 44.8 Å². The van der Waals surface area contributed by atoms with E-state index in [9.17, 15) is 21.6 Å². The van der Waals surface area contributed by atoms with E-state index < -0.39 is 31.8 Å². The third-order valence-corrected chi connectivity index (χ3v) is 4.75. The number of hydrogen-bond donors (Lipinski definition) is 3. The summed E-state index contributed by atoms with van der Waals surface area (Å²) in [5, 5.41) is 13.8. The van der Waals surface area contributed by atoms with Gasteiger partial charge in [0.2, 0.25) is 20.0 Å². The lowest BCUT2D eigenvalue weighted by atomic mass is 10.4. The van der Waals surface area contributed by atoms with Crippen molar-refractivity contribution in [3.05, 3.63) is 18.0 Å². The maximum atomic E-state index is 12.0. The van der Waals surface area contributed by atoms with E-state index in [1.165, 1.54) is 10.8 Å². The molecule has 9 nitrogen and oxygen atoms in total. The lowest BCUT2D eigenvalue weighted by Gasteiger charge is -2.04. The number of nitrogens with two attached hydrogens (primary N) is 1. The zero-order valence-corrected chi connectivity index (χ0v) is 12.9. The molecule has 0 aromatic carbocycles. The Bertz CT molecular complexity index is 720. The predicted molar refractivity (Wildman–Crippen MR) is 74.8 cm³/mol. The van der Waals surface area contributed by atoms with Crippen LogP contribution in [-0.2, 0) is 26.6 Å². The van der Waals surface area contributed by atoms with Gasteiger partial charge < -0.3 is 9.67 Å². The lowest BCUT2D eigenvalue weighted by molar-refractivity contribution is 0.0685. The molecule has 0 saturated heterocycles. The van der Waals surface area contributed by atoms with E-state index in [4.69, 9.17) is 10.2 Å². The van der Waals surface area contributed by atoms with Crippen molar-refractivity contribution in [2.45, 2.75) is 24.8 Å². The van der Waals surface area contributed by atoms with Crippen molar-refractivity contribution >= 4 is 26.0 Å². The Morgan fingerprint density at radius 3 is 2.48 bits per heavy atom. The van der Waals surface area contributed by atoms with E-state index in [2.05, 4.69) is 4.72 Å². The van der Waals surface area contributed by atoms with Gasteiger partial charge in [0, 0.05) is 19.3 Å². The van der Waals surface area contributed by atoms with Crippen molar-refractivity contribution in [2.24, 2.45) is 5.14 Å². The fourth-order valence-electron chi connectivity index (χ4n) is 1.64. The molecule has 0 unspecified atom stereocenters. The average molecular weight is 339 g/mol. The van der Waals surface area contributed by atoms with Gasteiger partial charge in [-0.1, -0.05) is 6.92 Å². The highest BCUT2D eigenvalue weighted by atomic mass is 32.2. The summed E-state index contributed by atoms with van der Waals surface area (Å²) in [7, 11) is -7.77. The summed E-state index contributed by atoms with van der Waals surface area (Å²) in [6, 6.07) is 1.03. The summed E-state index contributed by atoms with van der Waals surface area (Å²) >= 11 is 0. The number of nitrogens with zero attached hydrogens (tertiary/aromatic N) is 1. The molecule has 0 aliphatic heterocycles. The van der Waals surface area contributed by atoms with Gasteiger partial charge in [-0.2, -0.15) is 0 Å². The first-order valence-electron chi connectivity index (χ1n) is 6.00. The largest absolute Gasteiger partial charge is 0.477 e. The number of carbonyl (C=O) groups is 1. The second kappa shape index (κ2) is 6.56. The third kappa shape index (κ3) is 5.12. The van der Waals surface area contributed by atoms with Crippen LogP contribution in [0.4, 0.5) is 0 Å². The van der Waals surface area contributed by atoms with Crippen LogP contribution in [0.2, 0.25) is 0 Å². The lowest BCUT2D eigenvalue weighted by Crippen LogP contribution is -2.31. The Kier molecular flexibility index (Phi) is 5.50. The highest BCUT2D eigenvalue weighted by molar-refractivity contribution is 7.90. The molecule has 0 amide bonds. The second-order valence-corrected chi connectivity index (χ2v) is 7.83. The number of carboxylic acid groups (broad SMARTS) is 1. The van der Waals surface area contributed by atoms with E-state index in [-0.39, 0.29) is 17.1 Å². The minimum atomic E-state index is -3.99. The summed E-state index contributed by atoms with van der Waals surface area (Å²) in [6.07, 6.45) is 1.83. The number of hydrogen-bond acceptors (Lipinski definition) is 5. The van der Waals surface area contributed by atoms with Gasteiger partial charge in [-0.3, -0.25) is 0 Å². The first-order valence-corrected chi connectivity index (χ1v) is 9.20. The fourth-order valence-corrected chi connectivity index (χ4v) is 3.22. The number of sulfonamides is 2. The number of primary sulfonamides is 1. The molecule has 0 saturated carbocycles. The van der Waals surface area contributed by atoms with Crippen LogP contribution in [0.15, 0.2) is 17.2 Å². The second-order valence-electron chi connectivity index (χ2n) is 4.32. The first kappa shape index (κ1) is 17.6. The maximum Gasteiger partial charge on any atom is 0.352 e. The van der Waals surface area contributed by atoms with E-state index in [1.807, 2.05) is 6.92 Å². The van der Waals surface area contributed by atoms with Crippen LogP contribution in [0.25, 0.3) is 0 Å². The van der Waals surface area contributed by atoms with Crippen LogP contribution in [0.1, 0.15) is 23.8 Å². The molecular weight excluding hydrogens is 322 g/mol. The fraction of sp³-hybridized carbons (Fsp3) is 0.500. The van der Waals surface area contributed by atoms with Gasteiger partial charge in [0.1, 0.15) is 10.6 Å². The van der Waals surface area contributed by atoms with Gasteiger partial charge in [-0.05, 0) is 12.5 Å². The van der Waals surface area contributed by atoms with E-state index in [0.717, 1.165) is 6.07 Å². The molecule has 11 heteroatoms. The van der Waals surface area contributed by atoms with Gasteiger partial charge in [0.05, 0.1) is 5.75 Å². The number of aryl methyl sites for hydroxylation is 1. The van der Waals surface area contributed by atoms with Crippen LogP contribution in [0.3, 0.4) is 0 Å². The van der Waals surface area contributed by atoms with Crippen molar-refractivity contribution in [3.63, 3.8) is 0 Å². The first-order chi connectivity index (χ1) is 9.57. The van der Waals surface area contributed by atoms with Crippen molar-refractivity contribution in [1.82, 2.24) is 9.29 Å². The molecule has 0 fully saturated rings. The third-order valence-electron chi connectivity index (χ3n) is 2.54. The summed E-state index contributed by atoms with van der Waals surface area (Å²) in [4.78, 5) is 10.8. The van der Waals surface area contributed by atoms with Crippen molar-refractivity contribution in [3.8, 4) is 0 Å². The van der Waals surface area contributed by atoms with Crippen LogP contribution in [0.5, 0.6) is 0 Å². The highest BCUT2D eigenvalue weighted by Gasteiger charge is 2.21. The smallest absolute Gasteiger partial charge is 0.352 e. The van der Waals surface area contributed by atoms with Gasteiger partial charge in [0.15, 0.2) is 0 Å². The quantitative estimate of drug-likeness (QED) is 0.562. The molecule has 0 aliphatic rings. The molecule has 1 heterocycles. The van der Waals surface area contributed by atoms with Gasteiger partial charge in [-0.15, -0.1) is 0 Å². The number of nitrogens with one attached hydrogen (secondary N) is 1. The van der Waals surface area contributed by atoms with Gasteiger partial charge in [0.25, 0.3) is 0 Å². The summed E-state index contributed by atoms with van der Waals surface area (Å²) in [5.41, 5.74) is -0.149. The maximum absolute atomic E-state index is 12.0. The number of aromatic carboxylic acids is 1. The average Bonchev–Trinajstić information content (AvgIpc) is 2.72. The SMILES string of the molecule is CCCn1cc(S(=O)(=O)NCCS(N)(=O)=O)cc1C(=O)O. The highest BCUT2D eigenvalue weighted by Crippen LogP contribution is 2.15. The molecule has 120 valence electrons. The topological polar surface area (TPSA) is 149 Å². The minimum Gasteiger partial charge on any atom is -0.477 e. The predicted octanol–water partition coefficient (Wildman–Crippen LogP) is -0.837. The summed E-state index contributed by atoms with van der Waals surface area (Å²) in [5.74, 6) is -1.79. The molecule has 1 rings (SSSR count). The van der Waals surface area contributed by atoms with Crippen LogP contribution < -0.4 is 9.86 Å². The zero-order chi connectivity index (χ0) is 16.3. The number of aromatic nitrogens is 1. The number of rotatable bonds is 8. The van der Waals surface area contributed by atoms with E-state index in [0.29, 0.717) is 13.0 Å². The van der Waals surface area contributed by atoms with Crippen LogP contribution in [0, 0.1) is 0 Å². The van der Waals surface area contributed by atoms with Crippen molar-refractivity contribution < 1.29 is 26.7 Å². The molecule has 0 radical (unpaired) electrons. The Balaban J connectivity index is 2.98. The Morgan fingerprint density at radius 2 is 2.00 bits per heavy atom. The van der Waals surface area contributed by atoms with Gasteiger partial charge >= 0.3 is 5.97 Å². The Labute approximate surface area is 122 Å². The number of carboxylic acids is 1. The molecule has 0 atom stereocenters. The summed E-state index contributed by atoms with van der Waals surface area (Å²) in [6.45, 7) is 1.79. The van der Waals surface area contributed by atoms with Gasteiger partial charge in [-0.25, -0.2) is 31.5 Å². The minimum absolute atomic E-state index is 0.149. The molecular formula is C10H17N3O6S2. The Morgan fingerprint density at radius 1 is 1.38 bits per heavy atom. The molecule has 4 N–H and O–H groups in total. The molecule has 21 heavy (non-hydrogen) atoms. The van der Waals surface area contributed by atoms with Crippen molar-refractivity contribution in [1.29, 1.82) is 0 Å². The van der Waals surface area contributed by atoms with E-state index in [1.54, 1.807) is 0 Å². The summed E-state index contributed by atoms with van der Waals surface area (Å²) < 4.78 is 48.8. The zero-order valence-electron chi connectivity index (χ0n) is 11.3. The van der Waals surface area contributed by atoms with E-state index >= 15 is 0 Å². The molecule has 0 aliphatic carbocycles. The molecule has 1 aromatic heterocycles. The molecule has 0 bridgehead atoms.